The van der Waals surface area contributed by atoms with E-state index in [0.717, 1.165) is 11.1 Å². The number of non-ortho nitro benzene ring substituents is 1. The molecular formula is C25H19N3O5. The van der Waals surface area contributed by atoms with E-state index in [0.29, 0.717) is 17.6 Å². The summed E-state index contributed by atoms with van der Waals surface area (Å²) in [4.78, 5) is 34.8. The second kappa shape index (κ2) is 9.66. The van der Waals surface area contributed by atoms with Crippen molar-refractivity contribution in [1.29, 1.82) is 0 Å². The fraction of sp³-hybridized carbons (Fsp3) is 0.120. The lowest BCUT2D eigenvalue weighted by Crippen LogP contribution is -2.17. The lowest BCUT2D eigenvalue weighted by atomic mass is 10.1. The highest BCUT2D eigenvalue weighted by Crippen LogP contribution is 2.20. The van der Waals surface area contributed by atoms with Crippen molar-refractivity contribution in [3.05, 3.63) is 105 Å². The lowest BCUT2D eigenvalue weighted by Gasteiger charge is -2.06. The smallest absolute Gasteiger partial charge is 0.407 e. The number of amides is 1. The van der Waals surface area contributed by atoms with Gasteiger partial charge in [-0.1, -0.05) is 36.1 Å². The Morgan fingerprint density at radius 1 is 1.00 bits per heavy atom. The highest BCUT2D eigenvalue weighted by atomic mass is 16.6. The standard InChI is InChI=1S/C25H19N3O5/c29-24(26-20-9-4-8-19(16-20)12-11-18-6-2-1-3-7-18)10-5-15-27-22-14-13-21(28(31)32)17-23(22)33-25(27)30/h1-4,6-9,13-14,16-17H,5,10,15H2,(H,26,29). The molecule has 0 fully saturated rings. The van der Waals surface area contributed by atoms with Crippen molar-refractivity contribution in [3.8, 4) is 11.8 Å². The molecule has 1 amide bonds. The number of fused-ring (bicyclic) bond motifs is 1. The molecule has 1 heterocycles. The fourth-order valence-corrected chi connectivity index (χ4v) is 3.34. The van der Waals surface area contributed by atoms with Crippen LogP contribution < -0.4 is 11.1 Å². The minimum atomic E-state index is -0.615. The summed E-state index contributed by atoms with van der Waals surface area (Å²) < 4.78 is 6.47. The molecule has 164 valence electrons. The summed E-state index contributed by atoms with van der Waals surface area (Å²) in [6.45, 7) is 0.250. The Morgan fingerprint density at radius 2 is 1.76 bits per heavy atom. The first kappa shape index (κ1) is 21.6. The van der Waals surface area contributed by atoms with Crippen molar-refractivity contribution in [3.63, 3.8) is 0 Å². The van der Waals surface area contributed by atoms with E-state index >= 15 is 0 Å². The van der Waals surface area contributed by atoms with Crippen LogP contribution in [0.4, 0.5) is 11.4 Å². The van der Waals surface area contributed by atoms with E-state index in [1.807, 2.05) is 42.5 Å². The Hall–Kier alpha value is -4.64. The Morgan fingerprint density at radius 3 is 2.55 bits per heavy atom. The molecule has 0 bridgehead atoms. The molecule has 4 rings (SSSR count). The number of hydrogen-bond donors (Lipinski definition) is 1. The molecule has 0 saturated heterocycles. The lowest BCUT2D eigenvalue weighted by molar-refractivity contribution is -0.384. The average Bonchev–Trinajstić information content (AvgIpc) is 3.13. The molecule has 1 N–H and O–H groups in total. The van der Waals surface area contributed by atoms with E-state index in [2.05, 4.69) is 17.2 Å². The number of aromatic nitrogens is 1. The minimum Gasteiger partial charge on any atom is -0.407 e. The van der Waals surface area contributed by atoms with Crippen molar-refractivity contribution in [2.75, 3.05) is 5.32 Å². The predicted molar refractivity (Wildman–Crippen MR) is 124 cm³/mol. The van der Waals surface area contributed by atoms with Crippen molar-refractivity contribution >= 4 is 28.4 Å². The van der Waals surface area contributed by atoms with Crippen LogP contribution in [0.25, 0.3) is 11.1 Å². The molecule has 1 aromatic heterocycles. The van der Waals surface area contributed by atoms with Crippen LogP contribution in [0.3, 0.4) is 0 Å². The van der Waals surface area contributed by atoms with E-state index in [1.54, 1.807) is 12.1 Å². The summed E-state index contributed by atoms with van der Waals surface area (Å²) in [7, 11) is 0. The number of nitrogens with zero attached hydrogens (tertiary/aromatic N) is 2. The van der Waals surface area contributed by atoms with Crippen LogP contribution in [-0.4, -0.2) is 15.4 Å². The van der Waals surface area contributed by atoms with Gasteiger partial charge in [-0.05, 0) is 42.8 Å². The predicted octanol–water partition coefficient (Wildman–Crippen LogP) is 4.32. The summed E-state index contributed by atoms with van der Waals surface area (Å²) >= 11 is 0. The van der Waals surface area contributed by atoms with Gasteiger partial charge in [-0.3, -0.25) is 19.5 Å². The van der Waals surface area contributed by atoms with Gasteiger partial charge in [-0.2, -0.15) is 0 Å². The largest absolute Gasteiger partial charge is 0.419 e. The van der Waals surface area contributed by atoms with Crippen molar-refractivity contribution in [1.82, 2.24) is 4.57 Å². The molecule has 0 aliphatic carbocycles. The molecule has 0 unspecified atom stereocenters. The van der Waals surface area contributed by atoms with Gasteiger partial charge < -0.3 is 9.73 Å². The van der Waals surface area contributed by atoms with Crippen LogP contribution in [0.15, 0.2) is 82.0 Å². The first-order chi connectivity index (χ1) is 16.0. The van der Waals surface area contributed by atoms with Crippen LogP contribution in [0.2, 0.25) is 0 Å². The summed E-state index contributed by atoms with van der Waals surface area (Å²) in [5.41, 5.74) is 2.77. The van der Waals surface area contributed by atoms with E-state index < -0.39 is 10.7 Å². The maximum atomic E-state index is 12.4. The number of nitro benzene ring substituents is 1. The molecule has 0 saturated carbocycles. The molecule has 0 aliphatic heterocycles. The van der Waals surface area contributed by atoms with Crippen LogP contribution in [-0.2, 0) is 11.3 Å². The third-order valence-corrected chi connectivity index (χ3v) is 4.92. The highest BCUT2D eigenvalue weighted by molar-refractivity contribution is 5.90. The van der Waals surface area contributed by atoms with E-state index in [1.165, 1.54) is 22.8 Å². The zero-order valence-corrected chi connectivity index (χ0v) is 17.5. The van der Waals surface area contributed by atoms with E-state index in [-0.39, 0.29) is 30.1 Å². The number of anilines is 1. The molecule has 8 nitrogen and oxygen atoms in total. The third-order valence-electron chi connectivity index (χ3n) is 4.92. The number of aryl methyl sites for hydroxylation is 1. The highest BCUT2D eigenvalue weighted by Gasteiger charge is 2.14. The topological polar surface area (TPSA) is 107 Å². The van der Waals surface area contributed by atoms with Gasteiger partial charge in [-0.25, -0.2) is 4.79 Å². The summed E-state index contributed by atoms with van der Waals surface area (Å²) in [5.74, 6) is 5.35. The van der Waals surface area contributed by atoms with Crippen molar-refractivity contribution < 1.29 is 14.1 Å². The van der Waals surface area contributed by atoms with Gasteiger partial charge in [0, 0.05) is 35.8 Å². The number of nitrogens with one attached hydrogen (secondary N) is 1. The maximum Gasteiger partial charge on any atom is 0.419 e. The quantitative estimate of drug-likeness (QED) is 0.272. The normalized spacial score (nSPS) is 10.4. The third kappa shape index (κ3) is 5.35. The van der Waals surface area contributed by atoms with Gasteiger partial charge in [0.1, 0.15) is 0 Å². The second-order valence-corrected chi connectivity index (χ2v) is 7.28. The maximum absolute atomic E-state index is 12.4. The Labute approximate surface area is 188 Å². The summed E-state index contributed by atoms with van der Waals surface area (Å²) in [6, 6.07) is 20.9. The molecule has 33 heavy (non-hydrogen) atoms. The Bertz CT molecular complexity index is 1440. The van der Waals surface area contributed by atoms with Gasteiger partial charge in [0.25, 0.3) is 5.69 Å². The Kier molecular flexibility index (Phi) is 6.32. The minimum absolute atomic E-state index is 0.145. The number of carbonyl (C=O) groups excluding carboxylic acids is 1. The van der Waals surface area contributed by atoms with Crippen LogP contribution in [0.5, 0.6) is 0 Å². The van der Waals surface area contributed by atoms with Crippen molar-refractivity contribution in [2.45, 2.75) is 19.4 Å². The summed E-state index contributed by atoms with van der Waals surface area (Å²) in [6.07, 6.45) is 0.580. The van der Waals surface area contributed by atoms with Crippen LogP contribution >= 0.6 is 0 Å². The average molecular weight is 441 g/mol. The van der Waals surface area contributed by atoms with Gasteiger partial charge in [0.15, 0.2) is 5.58 Å². The van der Waals surface area contributed by atoms with Gasteiger partial charge >= 0.3 is 5.76 Å². The molecular weight excluding hydrogens is 422 g/mol. The SMILES string of the molecule is O=C(CCCn1c(=O)oc2cc([N+](=O)[O-])ccc21)Nc1cccc(C#Cc2ccccc2)c1. The zero-order chi connectivity index (χ0) is 23.2. The monoisotopic (exact) mass is 441 g/mol. The number of nitro groups is 1. The van der Waals surface area contributed by atoms with E-state index in [4.69, 9.17) is 4.42 Å². The van der Waals surface area contributed by atoms with Gasteiger partial charge in [0.2, 0.25) is 5.91 Å². The van der Waals surface area contributed by atoms with Crippen molar-refractivity contribution in [2.24, 2.45) is 0 Å². The Balaban J connectivity index is 1.36. The first-order valence-electron chi connectivity index (χ1n) is 10.2. The van der Waals surface area contributed by atoms with Gasteiger partial charge in [-0.15, -0.1) is 0 Å². The number of rotatable bonds is 6. The first-order valence-corrected chi connectivity index (χ1v) is 10.2. The molecule has 4 aromatic rings. The fourth-order valence-electron chi connectivity index (χ4n) is 3.34. The summed E-state index contributed by atoms with van der Waals surface area (Å²) in [5, 5.41) is 13.7. The van der Waals surface area contributed by atoms with Crippen LogP contribution in [0, 0.1) is 22.0 Å². The number of carbonyl (C=O) groups is 1. The number of hydrogen-bond acceptors (Lipinski definition) is 5. The number of oxazole rings is 1. The zero-order valence-electron chi connectivity index (χ0n) is 17.5. The molecule has 0 radical (unpaired) electrons. The molecule has 8 heteroatoms. The number of benzene rings is 3. The van der Waals surface area contributed by atoms with E-state index in [9.17, 15) is 19.7 Å². The molecule has 0 atom stereocenters. The molecule has 0 aliphatic rings. The second-order valence-electron chi connectivity index (χ2n) is 7.28. The van der Waals surface area contributed by atoms with Gasteiger partial charge in [0.05, 0.1) is 16.5 Å². The molecule has 0 spiro atoms. The van der Waals surface area contributed by atoms with Crippen LogP contribution in [0.1, 0.15) is 24.0 Å². The molecule has 3 aromatic carbocycles.